The lowest BCUT2D eigenvalue weighted by Gasteiger charge is -2.51. The molecule has 0 aliphatic carbocycles. The smallest absolute Gasteiger partial charge is 0.356 e. The van der Waals surface area contributed by atoms with E-state index in [1.54, 1.807) is 12.3 Å². The predicted octanol–water partition coefficient (Wildman–Crippen LogP) is 2.65. The molecule has 3 rings (SSSR count). The van der Waals surface area contributed by atoms with Crippen LogP contribution >= 0.6 is 0 Å². The van der Waals surface area contributed by atoms with Crippen molar-refractivity contribution in [1.29, 1.82) is 0 Å². The third kappa shape index (κ3) is 3.10. The monoisotopic (exact) mass is 289 g/mol. The Hall–Kier alpha value is -1.42. The van der Waals surface area contributed by atoms with Gasteiger partial charge in [-0.15, -0.1) is 0 Å². The highest BCUT2D eigenvalue weighted by Gasteiger charge is 2.43. The van der Waals surface area contributed by atoms with E-state index in [-0.39, 0.29) is 5.97 Å². The maximum absolute atomic E-state index is 12.0. The van der Waals surface area contributed by atoms with E-state index in [0.29, 0.717) is 24.3 Å². The number of hydrogen-bond acceptors (Lipinski definition) is 3. The van der Waals surface area contributed by atoms with Crippen molar-refractivity contribution >= 4 is 5.97 Å². The zero-order valence-corrected chi connectivity index (χ0v) is 12.8. The fraction of sp³-hybridized carbons (Fsp3) is 0.647. The second kappa shape index (κ2) is 6.14. The second-order valence-electron chi connectivity index (χ2n) is 6.71. The molecule has 1 aromatic heterocycles. The van der Waals surface area contributed by atoms with Crippen LogP contribution in [0.1, 0.15) is 42.6 Å². The maximum atomic E-state index is 12.0. The highest BCUT2D eigenvalue weighted by Crippen LogP contribution is 2.36. The first-order chi connectivity index (χ1) is 10.2. The second-order valence-corrected chi connectivity index (χ2v) is 6.71. The van der Waals surface area contributed by atoms with Crippen LogP contribution in [0.2, 0.25) is 0 Å². The molecule has 114 valence electrons. The van der Waals surface area contributed by atoms with Crippen LogP contribution in [0.5, 0.6) is 0 Å². The molecule has 3 heterocycles. The van der Waals surface area contributed by atoms with E-state index in [2.05, 4.69) is 12.0 Å². The van der Waals surface area contributed by atoms with Crippen molar-refractivity contribution in [3.8, 4) is 0 Å². The van der Waals surface area contributed by atoms with Gasteiger partial charge >= 0.3 is 5.97 Å². The summed E-state index contributed by atoms with van der Waals surface area (Å²) in [5.74, 6) is 0.225. The Bertz CT molecular complexity index is 487. The van der Waals surface area contributed by atoms with Crippen LogP contribution in [0, 0.1) is 5.92 Å². The summed E-state index contributed by atoms with van der Waals surface area (Å²) in [4.78, 5) is 16.1. The number of ether oxygens (including phenoxy) is 1. The molecular weight excluding hydrogens is 264 g/mol. The lowest BCUT2D eigenvalue weighted by molar-refractivity contribution is -0.947. The molecule has 0 spiro atoms. The van der Waals surface area contributed by atoms with Gasteiger partial charge in [-0.25, -0.2) is 9.78 Å². The van der Waals surface area contributed by atoms with Crippen LogP contribution in [0.3, 0.4) is 0 Å². The van der Waals surface area contributed by atoms with Crippen LogP contribution in [0.4, 0.5) is 0 Å². The number of quaternary nitrogens is 1. The van der Waals surface area contributed by atoms with Gasteiger partial charge in [0.2, 0.25) is 0 Å². The number of hydrogen-bond donors (Lipinski definition) is 0. The molecule has 4 nitrogen and oxygen atoms in total. The van der Waals surface area contributed by atoms with Gasteiger partial charge < -0.3 is 9.22 Å². The molecule has 3 atom stereocenters. The van der Waals surface area contributed by atoms with Crippen molar-refractivity contribution in [2.75, 3.05) is 26.7 Å². The Kier molecular flexibility index (Phi) is 4.24. The Morgan fingerprint density at radius 2 is 2.14 bits per heavy atom. The highest BCUT2D eigenvalue weighted by atomic mass is 16.5. The SMILES string of the molecule is C[N+]12CCCC[C@H]1[C@H](COC(=O)c1ccccn1)CCC2. The van der Waals surface area contributed by atoms with Gasteiger partial charge in [0.05, 0.1) is 26.2 Å². The number of carbonyl (C=O) groups excluding carboxylic acids is 1. The van der Waals surface area contributed by atoms with Crippen LogP contribution in [0.25, 0.3) is 0 Å². The molecule has 4 heteroatoms. The van der Waals surface area contributed by atoms with Gasteiger partial charge in [-0.05, 0) is 37.8 Å². The first kappa shape index (κ1) is 14.5. The van der Waals surface area contributed by atoms with E-state index in [4.69, 9.17) is 4.74 Å². The zero-order valence-electron chi connectivity index (χ0n) is 12.8. The highest BCUT2D eigenvalue weighted by molar-refractivity contribution is 5.87. The average Bonchev–Trinajstić information content (AvgIpc) is 2.52. The molecule has 0 radical (unpaired) electrons. The quantitative estimate of drug-likeness (QED) is 0.634. The van der Waals surface area contributed by atoms with Gasteiger partial charge in [0.25, 0.3) is 0 Å². The normalized spacial score (nSPS) is 32.2. The van der Waals surface area contributed by atoms with Gasteiger partial charge in [0.1, 0.15) is 12.3 Å². The standard InChI is InChI=1S/C17H25N2O2/c1-19-11-5-3-9-16(19)14(7-6-12-19)13-21-17(20)15-8-2-4-10-18-15/h2,4,8,10,14,16H,3,5-7,9,11-13H2,1H3/q+1/t14-,16-,19?/m0/s1. The number of esters is 1. The fourth-order valence-corrected chi connectivity index (χ4v) is 4.17. The molecular formula is C17H25N2O2+. The zero-order chi connectivity index (χ0) is 14.7. The molecule has 0 N–H and O–H groups in total. The number of pyridine rings is 1. The van der Waals surface area contributed by atoms with Crippen LogP contribution in [-0.4, -0.2) is 48.2 Å². The molecule has 21 heavy (non-hydrogen) atoms. The summed E-state index contributed by atoms with van der Waals surface area (Å²) in [5, 5.41) is 0. The van der Waals surface area contributed by atoms with Crippen molar-refractivity contribution in [3.63, 3.8) is 0 Å². The van der Waals surface area contributed by atoms with Gasteiger partial charge in [-0.2, -0.15) is 0 Å². The largest absolute Gasteiger partial charge is 0.460 e. The Labute approximate surface area is 126 Å². The molecule has 2 aliphatic rings. The minimum absolute atomic E-state index is 0.286. The minimum atomic E-state index is -0.286. The van der Waals surface area contributed by atoms with Crippen molar-refractivity contribution < 1.29 is 14.0 Å². The molecule has 2 saturated heterocycles. The van der Waals surface area contributed by atoms with E-state index in [9.17, 15) is 4.79 Å². The molecule has 0 amide bonds. The third-order valence-electron chi connectivity index (χ3n) is 5.31. The van der Waals surface area contributed by atoms with E-state index < -0.39 is 0 Å². The van der Waals surface area contributed by atoms with Gasteiger partial charge in [0.15, 0.2) is 0 Å². The summed E-state index contributed by atoms with van der Waals surface area (Å²) in [6.07, 6.45) is 8.01. The Morgan fingerprint density at radius 1 is 1.29 bits per heavy atom. The van der Waals surface area contributed by atoms with Crippen molar-refractivity contribution in [3.05, 3.63) is 30.1 Å². The van der Waals surface area contributed by atoms with Crippen molar-refractivity contribution in [2.24, 2.45) is 5.92 Å². The number of carbonyl (C=O) groups is 1. The van der Waals surface area contributed by atoms with E-state index >= 15 is 0 Å². The third-order valence-corrected chi connectivity index (χ3v) is 5.31. The molecule has 0 saturated carbocycles. The van der Waals surface area contributed by atoms with Gasteiger partial charge in [-0.3, -0.25) is 0 Å². The summed E-state index contributed by atoms with van der Waals surface area (Å²) in [5.41, 5.74) is 0.411. The van der Waals surface area contributed by atoms with E-state index in [1.165, 1.54) is 49.7 Å². The molecule has 0 bridgehead atoms. The molecule has 0 aromatic carbocycles. The number of rotatable bonds is 3. The topological polar surface area (TPSA) is 39.2 Å². The first-order valence-electron chi connectivity index (χ1n) is 8.11. The summed E-state index contributed by atoms with van der Waals surface area (Å²) in [6.45, 7) is 3.12. The first-order valence-corrected chi connectivity index (χ1v) is 8.11. The number of nitrogens with zero attached hydrogens (tertiary/aromatic N) is 2. The average molecular weight is 289 g/mol. The summed E-state index contributed by atoms with van der Waals surface area (Å²) in [6, 6.07) is 6.01. The summed E-state index contributed by atoms with van der Waals surface area (Å²) < 4.78 is 6.74. The van der Waals surface area contributed by atoms with Crippen molar-refractivity contribution in [2.45, 2.75) is 38.1 Å². The van der Waals surface area contributed by atoms with Gasteiger partial charge in [-0.1, -0.05) is 6.07 Å². The lowest BCUT2D eigenvalue weighted by Crippen LogP contribution is -2.61. The van der Waals surface area contributed by atoms with Crippen molar-refractivity contribution in [1.82, 2.24) is 4.98 Å². The van der Waals surface area contributed by atoms with Crippen LogP contribution in [-0.2, 0) is 4.74 Å². The van der Waals surface area contributed by atoms with Gasteiger partial charge in [0, 0.05) is 18.5 Å². The molecule has 1 unspecified atom stereocenters. The van der Waals surface area contributed by atoms with Crippen LogP contribution < -0.4 is 0 Å². The fourth-order valence-electron chi connectivity index (χ4n) is 4.17. The number of aromatic nitrogens is 1. The van der Waals surface area contributed by atoms with E-state index in [0.717, 1.165) is 0 Å². The lowest BCUT2D eigenvalue weighted by atomic mass is 9.82. The summed E-state index contributed by atoms with van der Waals surface area (Å²) >= 11 is 0. The van der Waals surface area contributed by atoms with E-state index in [1.807, 2.05) is 12.1 Å². The Balaban J connectivity index is 1.61. The summed E-state index contributed by atoms with van der Waals surface area (Å²) in [7, 11) is 2.39. The number of fused-ring (bicyclic) bond motifs is 1. The maximum Gasteiger partial charge on any atom is 0.356 e. The van der Waals surface area contributed by atoms with Crippen LogP contribution in [0.15, 0.2) is 24.4 Å². The molecule has 2 aliphatic heterocycles. The predicted molar refractivity (Wildman–Crippen MR) is 80.8 cm³/mol. The molecule has 1 aromatic rings. The molecule has 2 fully saturated rings. The minimum Gasteiger partial charge on any atom is -0.460 e. The Morgan fingerprint density at radius 3 is 2.95 bits per heavy atom. The number of piperidine rings is 2.